The van der Waals surface area contributed by atoms with Crippen LogP contribution in [0.4, 0.5) is 0 Å². The van der Waals surface area contributed by atoms with E-state index < -0.39 is 0 Å². The van der Waals surface area contributed by atoms with Gasteiger partial charge in [-0.3, -0.25) is 9.80 Å². The molecule has 1 amide bonds. The molecule has 0 saturated carbocycles. The zero-order chi connectivity index (χ0) is 11.4. The first-order chi connectivity index (χ1) is 7.81. The number of nitrogens with zero attached hydrogens (tertiary/aromatic N) is 1. The second-order valence-corrected chi connectivity index (χ2v) is 3.80. The molecule has 0 radical (unpaired) electrons. The quantitative estimate of drug-likeness (QED) is 0.820. The molecule has 0 aromatic heterocycles. The van der Waals surface area contributed by atoms with E-state index in [4.69, 9.17) is 4.74 Å². The molecule has 86 valence electrons. The molecule has 0 unspecified atom stereocenters. The molecule has 0 spiro atoms. The van der Waals surface area contributed by atoms with Gasteiger partial charge in [0.15, 0.2) is 0 Å². The first-order valence-electron chi connectivity index (χ1n) is 5.50. The predicted molar refractivity (Wildman–Crippen MR) is 61.3 cm³/mol. The summed E-state index contributed by atoms with van der Waals surface area (Å²) in [5, 5.41) is 1.69. The average Bonchev–Trinajstić information content (AvgIpc) is 2.39. The van der Waals surface area contributed by atoms with Crippen molar-refractivity contribution in [3.63, 3.8) is 0 Å². The van der Waals surface area contributed by atoms with Crippen molar-refractivity contribution in [1.82, 2.24) is 10.4 Å². The Balaban J connectivity index is 2.07. The van der Waals surface area contributed by atoms with E-state index in [1.807, 2.05) is 0 Å². The van der Waals surface area contributed by atoms with Crippen molar-refractivity contribution < 1.29 is 9.53 Å². The van der Waals surface area contributed by atoms with E-state index in [0.717, 1.165) is 31.7 Å². The third-order valence-electron chi connectivity index (χ3n) is 2.69. The molecule has 1 aliphatic rings. The number of carbonyl (C=O) groups is 1. The molecule has 1 N–H and O–H groups in total. The number of amides is 1. The van der Waals surface area contributed by atoms with Gasteiger partial charge in [-0.1, -0.05) is 0 Å². The Morgan fingerprint density at radius 1 is 1.31 bits per heavy atom. The largest absolute Gasteiger partial charge is 0.497 e. The van der Waals surface area contributed by atoms with Gasteiger partial charge in [0.25, 0.3) is 5.91 Å². The van der Waals surface area contributed by atoms with Crippen molar-refractivity contribution >= 4 is 5.91 Å². The van der Waals surface area contributed by atoms with Gasteiger partial charge in [0.2, 0.25) is 0 Å². The first-order valence-corrected chi connectivity index (χ1v) is 5.50. The molecular weight excluding hydrogens is 204 g/mol. The third kappa shape index (κ3) is 2.33. The Morgan fingerprint density at radius 2 is 2.06 bits per heavy atom. The minimum absolute atomic E-state index is 0.0300. The molecule has 16 heavy (non-hydrogen) atoms. The van der Waals surface area contributed by atoms with Crippen molar-refractivity contribution in [2.75, 3.05) is 20.2 Å². The predicted octanol–water partition coefficient (Wildman–Crippen LogP) is 1.44. The van der Waals surface area contributed by atoms with E-state index in [9.17, 15) is 4.79 Å². The second kappa shape index (κ2) is 4.99. The van der Waals surface area contributed by atoms with Crippen molar-refractivity contribution in [3.8, 4) is 5.75 Å². The van der Waals surface area contributed by atoms with Gasteiger partial charge in [-0.05, 0) is 37.1 Å². The fourth-order valence-corrected chi connectivity index (χ4v) is 1.75. The fraction of sp³-hybridized carbons (Fsp3) is 0.417. The summed E-state index contributed by atoms with van der Waals surface area (Å²) in [6.45, 7) is 1.66. The maximum atomic E-state index is 12.0. The molecule has 1 fully saturated rings. The summed E-state index contributed by atoms with van der Waals surface area (Å²) < 4.78 is 5.05. The van der Waals surface area contributed by atoms with E-state index in [1.165, 1.54) is 0 Å². The summed E-state index contributed by atoms with van der Waals surface area (Å²) in [5.74, 6) is 0.797. The van der Waals surface area contributed by atoms with Gasteiger partial charge < -0.3 is 4.74 Å². The van der Waals surface area contributed by atoms with Crippen molar-refractivity contribution in [1.29, 1.82) is 0 Å². The number of hydrazine groups is 1. The number of methoxy groups -OCH3 is 1. The van der Waals surface area contributed by atoms with Gasteiger partial charge >= 0.3 is 0 Å². The molecule has 0 bridgehead atoms. The maximum absolute atomic E-state index is 12.0. The summed E-state index contributed by atoms with van der Waals surface area (Å²) in [4.78, 5) is 12.0. The number of carbonyl (C=O) groups excluding carboxylic acids is 1. The lowest BCUT2D eigenvalue weighted by atomic mass is 10.2. The Morgan fingerprint density at radius 3 is 2.62 bits per heavy atom. The van der Waals surface area contributed by atoms with Crippen LogP contribution in [0.1, 0.15) is 23.2 Å². The summed E-state index contributed by atoms with van der Waals surface area (Å²) >= 11 is 0. The highest BCUT2D eigenvalue weighted by molar-refractivity contribution is 5.94. The molecule has 4 heteroatoms. The third-order valence-corrected chi connectivity index (χ3v) is 2.69. The summed E-state index contributed by atoms with van der Waals surface area (Å²) in [7, 11) is 1.61. The SMILES string of the molecule is COc1ccc(C(=O)N2CCCCN2)cc1. The van der Waals surface area contributed by atoms with Gasteiger partial charge in [-0.2, -0.15) is 0 Å². The number of benzene rings is 1. The van der Waals surface area contributed by atoms with Gasteiger partial charge in [0, 0.05) is 18.7 Å². The van der Waals surface area contributed by atoms with Crippen molar-refractivity contribution in [2.45, 2.75) is 12.8 Å². The Labute approximate surface area is 95.2 Å². The van der Waals surface area contributed by atoms with Crippen molar-refractivity contribution in [3.05, 3.63) is 29.8 Å². The molecule has 1 aromatic rings. The van der Waals surface area contributed by atoms with Crippen LogP contribution in [-0.4, -0.2) is 31.1 Å². The van der Waals surface area contributed by atoms with Crippen LogP contribution >= 0.6 is 0 Å². The minimum atomic E-state index is 0.0300. The van der Waals surface area contributed by atoms with E-state index in [0.29, 0.717) is 5.56 Å². The van der Waals surface area contributed by atoms with Crippen LogP contribution in [0.15, 0.2) is 24.3 Å². The lowest BCUT2D eigenvalue weighted by molar-refractivity contribution is 0.0611. The molecular formula is C12H16N2O2. The summed E-state index contributed by atoms with van der Waals surface area (Å²) in [6.07, 6.45) is 2.20. The topological polar surface area (TPSA) is 41.6 Å². The second-order valence-electron chi connectivity index (χ2n) is 3.80. The van der Waals surface area contributed by atoms with E-state index in [2.05, 4.69) is 5.43 Å². The molecule has 1 aliphatic heterocycles. The Bertz CT molecular complexity index is 356. The molecule has 1 heterocycles. The summed E-state index contributed by atoms with van der Waals surface area (Å²) in [6, 6.07) is 7.18. The smallest absolute Gasteiger partial charge is 0.267 e. The minimum Gasteiger partial charge on any atom is -0.497 e. The summed E-state index contributed by atoms with van der Waals surface area (Å²) in [5.41, 5.74) is 3.79. The van der Waals surface area contributed by atoms with Gasteiger partial charge in [-0.15, -0.1) is 0 Å². The van der Waals surface area contributed by atoms with Crippen LogP contribution < -0.4 is 10.2 Å². The molecule has 2 rings (SSSR count). The average molecular weight is 220 g/mol. The molecule has 1 saturated heterocycles. The number of ether oxygens (including phenoxy) is 1. The van der Waals surface area contributed by atoms with E-state index in [1.54, 1.807) is 36.4 Å². The zero-order valence-electron chi connectivity index (χ0n) is 9.40. The number of nitrogens with one attached hydrogen (secondary N) is 1. The molecule has 0 aliphatic carbocycles. The van der Waals surface area contributed by atoms with Crippen molar-refractivity contribution in [2.24, 2.45) is 0 Å². The molecule has 1 aromatic carbocycles. The van der Waals surface area contributed by atoms with Crippen LogP contribution in [0.5, 0.6) is 5.75 Å². The van der Waals surface area contributed by atoms with Crippen LogP contribution in [0.3, 0.4) is 0 Å². The van der Waals surface area contributed by atoms with Gasteiger partial charge in [0.1, 0.15) is 5.75 Å². The van der Waals surface area contributed by atoms with Gasteiger partial charge in [-0.25, -0.2) is 5.43 Å². The number of hydrogen-bond acceptors (Lipinski definition) is 3. The lowest BCUT2D eigenvalue weighted by Gasteiger charge is -2.27. The van der Waals surface area contributed by atoms with E-state index >= 15 is 0 Å². The molecule has 4 nitrogen and oxygen atoms in total. The number of rotatable bonds is 2. The lowest BCUT2D eigenvalue weighted by Crippen LogP contribution is -2.46. The highest BCUT2D eigenvalue weighted by Crippen LogP contribution is 2.13. The van der Waals surface area contributed by atoms with E-state index in [-0.39, 0.29) is 5.91 Å². The highest BCUT2D eigenvalue weighted by atomic mass is 16.5. The first kappa shape index (κ1) is 11.0. The highest BCUT2D eigenvalue weighted by Gasteiger charge is 2.17. The standard InChI is InChI=1S/C12H16N2O2/c1-16-11-6-4-10(5-7-11)12(15)14-9-3-2-8-13-14/h4-7,13H,2-3,8-9H2,1H3. The van der Waals surface area contributed by atoms with Crippen LogP contribution in [-0.2, 0) is 0 Å². The zero-order valence-corrected chi connectivity index (χ0v) is 9.40. The van der Waals surface area contributed by atoms with Gasteiger partial charge in [0.05, 0.1) is 7.11 Å². The number of hydrogen-bond donors (Lipinski definition) is 1. The Kier molecular flexibility index (Phi) is 3.41. The monoisotopic (exact) mass is 220 g/mol. The van der Waals surface area contributed by atoms with Crippen LogP contribution in [0.2, 0.25) is 0 Å². The maximum Gasteiger partial charge on any atom is 0.267 e. The Hall–Kier alpha value is -1.55. The fourth-order valence-electron chi connectivity index (χ4n) is 1.75. The normalized spacial score (nSPS) is 15.9. The molecule has 0 atom stereocenters. The van der Waals surface area contributed by atoms with Crippen LogP contribution in [0.25, 0.3) is 0 Å². The van der Waals surface area contributed by atoms with Crippen LogP contribution in [0, 0.1) is 0 Å².